The first kappa shape index (κ1) is 32.5. The Balaban J connectivity index is 1.16. The Labute approximate surface area is 280 Å². The van der Waals surface area contributed by atoms with Gasteiger partial charge in [-0.25, -0.2) is 9.78 Å². The first-order valence-corrected chi connectivity index (χ1v) is 16.8. The Hall–Kier alpha value is -4.47. The SMILES string of the molecule is C[C@@H]1[C@H](CSc2ccccn2)O[C@H](c2ccc(-c3ccccc3CNC(=O)NCc3ccccc3)cc2)O[C@@H]1c1ccc(CO)cc1. The molecule has 3 N–H and O–H groups in total. The molecule has 0 bridgehead atoms. The molecule has 8 heteroatoms. The molecule has 240 valence electrons. The second kappa shape index (κ2) is 15.9. The van der Waals surface area contributed by atoms with Crippen molar-refractivity contribution in [1.82, 2.24) is 15.6 Å². The average molecular weight is 646 g/mol. The number of rotatable bonds is 11. The van der Waals surface area contributed by atoms with Crippen molar-refractivity contribution in [3.63, 3.8) is 0 Å². The maximum absolute atomic E-state index is 12.5. The van der Waals surface area contributed by atoms with Gasteiger partial charge in [0, 0.05) is 36.5 Å². The number of benzene rings is 4. The molecule has 2 heterocycles. The van der Waals surface area contributed by atoms with Gasteiger partial charge in [-0.05, 0) is 45.5 Å². The van der Waals surface area contributed by atoms with Gasteiger partial charge in [0.15, 0.2) is 6.29 Å². The van der Waals surface area contributed by atoms with Gasteiger partial charge in [-0.15, -0.1) is 11.8 Å². The van der Waals surface area contributed by atoms with E-state index < -0.39 is 6.29 Å². The van der Waals surface area contributed by atoms with E-state index in [4.69, 9.17) is 9.47 Å². The number of urea groups is 1. The van der Waals surface area contributed by atoms with Crippen molar-refractivity contribution in [1.29, 1.82) is 0 Å². The van der Waals surface area contributed by atoms with Crippen molar-refractivity contribution in [2.45, 2.75) is 50.1 Å². The van der Waals surface area contributed by atoms with Crippen molar-refractivity contribution in [2.24, 2.45) is 5.92 Å². The quantitative estimate of drug-likeness (QED) is 0.127. The number of carbonyl (C=O) groups excluding carboxylic acids is 1. The fourth-order valence-corrected chi connectivity index (χ4v) is 6.73. The molecule has 6 rings (SSSR count). The molecule has 7 nitrogen and oxygen atoms in total. The van der Waals surface area contributed by atoms with Gasteiger partial charge in [0.1, 0.15) is 0 Å². The fraction of sp³-hybridized carbons (Fsp3) is 0.231. The number of pyridine rings is 1. The summed E-state index contributed by atoms with van der Waals surface area (Å²) in [6.07, 6.45) is 0.988. The maximum atomic E-state index is 12.5. The van der Waals surface area contributed by atoms with E-state index in [1.165, 1.54) is 0 Å². The molecule has 0 unspecified atom stereocenters. The lowest BCUT2D eigenvalue weighted by molar-refractivity contribution is -0.268. The number of carbonyl (C=O) groups is 1. The molecule has 0 aliphatic carbocycles. The number of hydrogen-bond acceptors (Lipinski definition) is 6. The zero-order valence-corrected chi connectivity index (χ0v) is 27.1. The van der Waals surface area contributed by atoms with Crippen molar-refractivity contribution in [3.05, 3.63) is 155 Å². The smallest absolute Gasteiger partial charge is 0.315 e. The largest absolute Gasteiger partial charge is 0.392 e. The highest BCUT2D eigenvalue weighted by Crippen LogP contribution is 2.43. The lowest BCUT2D eigenvalue weighted by atomic mass is 9.91. The summed E-state index contributed by atoms with van der Waals surface area (Å²) >= 11 is 1.68. The van der Waals surface area contributed by atoms with Crippen LogP contribution in [0.5, 0.6) is 0 Å². The Bertz CT molecular complexity index is 1720. The molecule has 0 radical (unpaired) electrons. The van der Waals surface area contributed by atoms with Gasteiger partial charge >= 0.3 is 6.03 Å². The van der Waals surface area contributed by atoms with Gasteiger partial charge in [-0.2, -0.15) is 0 Å². The van der Waals surface area contributed by atoms with E-state index in [0.29, 0.717) is 13.1 Å². The van der Waals surface area contributed by atoms with Crippen LogP contribution < -0.4 is 10.6 Å². The summed E-state index contributed by atoms with van der Waals surface area (Å²) < 4.78 is 13.3. The Kier molecular flexibility index (Phi) is 11.0. The predicted octanol–water partition coefficient (Wildman–Crippen LogP) is 7.82. The van der Waals surface area contributed by atoms with Crippen LogP contribution in [-0.2, 0) is 29.2 Å². The van der Waals surface area contributed by atoms with Gasteiger partial charge < -0.3 is 25.2 Å². The lowest BCUT2D eigenvalue weighted by Crippen LogP contribution is -2.38. The van der Waals surface area contributed by atoms with E-state index in [-0.39, 0.29) is 30.8 Å². The molecule has 1 aromatic heterocycles. The van der Waals surface area contributed by atoms with Crippen LogP contribution in [0, 0.1) is 5.92 Å². The lowest BCUT2D eigenvalue weighted by Gasteiger charge is -2.41. The number of aliphatic hydroxyl groups is 1. The van der Waals surface area contributed by atoms with Gasteiger partial charge in [-0.3, -0.25) is 0 Å². The molecule has 1 saturated heterocycles. The molecule has 47 heavy (non-hydrogen) atoms. The van der Waals surface area contributed by atoms with E-state index in [1.54, 1.807) is 11.8 Å². The molecule has 0 spiro atoms. The minimum atomic E-state index is -0.553. The zero-order valence-electron chi connectivity index (χ0n) is 26.3. The summed E-state index contributed by atoms with van der Waals surface area (Å²) in [6, 6.07) is 39.9. The van der Waals surface area contributed by atoms with Crippen LogP contribution in [0.2, 0.25) is 0 Å². The summed E-state index contributed by atoms with van der Waals surface area (Å²) in [6.45, 7) is 3.04. The van der Waals surface area contributed by atoms with Crippen LogP contribution in [0.3, 0.4) is 0 Å². The van der Waals surface area contributed by atoms with Crippen molar-refractivity contribution >= 4 is 17.8 Å². The number of aromatic nitrogens is 1. The minimum Gasteiger partial charge on any atom is -0.392 e. The van der Waals surface area contributed by atoms with E-state index in [2.05, 4.69) is 52.9 Å². The number of nitrogens with zero attached hydrogens (tertiary/aromatic N) is 1. The molecular weight excluding hydrogens is 607 g/mol. The highest BCUT2D eigenvalue weighted by Gasteiger charge is 2.38. The molecule has 5 aromatic rings. The van der Waals surface area contributed by atoms with Crippen LogP contribution in [0.15, 0.2) is 133 Å². The van der Waals surface area contributed by atoms with Gasteiger partial charge in [0.25, 0.3) is 0 Å². The molecule has 1 fully saturated rings. The number of thioether (sulfide) groups is 1. The molecule has 0 saturated carbocycles. The molecule has 4 aromatic carbocycles. The highest BCUT2D eigenvalue weighted by atomic mass is 32.2. The van der Waals surface area contributed by atoms with Crippen LogP contribution >= 0.6 is 11.8 Å². The topological polar surface area (TPSA) is 92.7 Å². The summed E-state index contributed by atoms with van der Waals surface area (Å²) in [5.41, 5.74) is 7.01. The monoisotopic (exact) mass is 645 g/mol. The van der Waals surface area contributed by atoms with Crippen LogP contribution in [-0.4, -0.2) is 28.0 Å². The van der Waals surface area contributed by atoms with Crippen molar-refractivity contribution < 1.29 is 19.4 Å². The first-order valence-electron chi connectivity index (χ1n) is 15.9. The molecule has 2 amide bonds. The summed E-state index contributed by atoms with van der Waals surface area (Å²) in [4.78, 5) is 17.0. The van der Waals surface area contributed by atoms with Crippen molar-refractivity contribution in [2.75, 3.05) is 5.75 Å². The van der Waals surface area contributed by atoms with Gasteiger partial charge in [-0.1, -0.05) is 116 Å². The second-order valence-electron chi connectivity index (χ2n) is 11.6. The number of nitrogens with one attached hydrogen (secondary N) is 2. The first-order chi connectivity index (χ1) is 23.1. The number of ether oxygens (including phenoxy) is 2. The number of aliphatic hydroxyl groups excluding tert-OH is 1. The third kappa shape index (κ3) is 8.47. The summed E-state index contributed by atoms with van der Waals surface area (Å²) in [5, 5.41) is 16.4. The number of hydrogen-bond donors (Lipinski definition) is 3. The Morgan fingerprint density at radius 2 is 1.47 bits per heavy atom. The molecule has 1 aliphatic rings. The van der Waals surface area contributed by atoms with Crippen LogP contribution in [0.4, 0.5) is 4.79 Å². The molecular formula is C39H39N3O4S. The third-order valence-corrected chi connectivity index (χ3v) is 9.44. The summed E-state index contributed by atoms with van der Waals surface area (Å²) in [7, 11) is 0. The van der Waals surface area contributed by atoms with Crippen LogP contribution in [0.25, 0.3) is 11.1 Å². The Morgan fingerprint density at radius 1 is 0.766 bits per heavy atom. The van der Waals surface area contributed by atoms with E-state index >= 15 is 0 Å². The van der Waals surface area contributed by atoms with Gasteiger partial charge in [0.05, 0.1) is 23.8 Å². The predicted molar refractivity (Wildman–Crippen MR) is 185 cm³/mol. The van der Waals surface area contributed by atoms with E-state index in [1.807, 2.05) is 97.2 Å². The maximum Gasteiger partial charge on any atom is 0.315 e. The molecule has 1 aliphatic heterocycles. The van der Waals surface area contributed by atoms with Crippen LogP contribution in [0.1, 0.15) is 47.1 Å². The molecule has 4 atom stereocenters. The van der Waals surface area contributed by atoms with E-state index in [9.17, 15) is 9.90 Å². The third-order valence-electron chi connectivity index (χ3n) is 8.40. The van der Waals surface area contributed by atoms with Gasteiger partial charge in [0.2, 0.25) is 0 Å². The summed E-state index contributed by atoms with van der Waals surface area (Å²) in [5.74, 6) is 0.826. The highest BCUT2D eigenvalue weighted by molar-refractivity contribution is 7.99. The standard InChI is InChI=1S/C39H39N3O4S/c1-27-35(26-47-36-13-7-8-22-40-36)45-38(46-37(27)31-16-14-29(25-43)15-17-31)32-20-18-30(19-21-32)34-12-6-5-11-33(34)24-42-39(44)41-23-28-9-3-2-4-10-28/h2-22,27,35,37-38,43H,23-26H2,1H3,(H2,41,42,44)/t27-,35+,37+,38+/m1/s1. The number of amides is 2. The minimum absolute atomic E-state index is 0.00340. The second-order valence-corrected chi connectivity index (χ2v) is 12.6. The fourth-order valence-electron chi connectivity index (χ4n) is 5.70. The normalized spacial score (nSPS) is 19.2. The Morgan fingerprint density at radius 3 is 2.21 bits per heavy atom. The van der Waals surface area contributed by atoms with Crippen molar-refractivity contribution in [3.8, 4) is 11.1 Å². The zero-order chi connectivity index (χ0) is 32.4. The van der Waals surface area contributed by atoms with E-state index in [0.717, 1.165) is 49.7 Å². The average Bonchev–Trinajstić information content (AvgIpc) is 3.14.